The van der Waals surface area contributed by atoms with Gasteiger partial charge in [0.25, 0.3) is 0 Å². The maximum Gasteiger partial charge on any atom is 0.313 e. The van der Waals surface area contributed by atoms with Gasteiger partial charge in [-0.3, -0.25) is 19.5 Å². The van der Waals surface area contributed by atoms with Crippen LogP contribution in [0, 0.1) is 5.92 Å². The summed E-state index contributed by atoms with van der Waals surface area (Å²) >= 11 is 1.66. The Morgan fingerprint density at radius 3 is 2.72 bits per heavy atom. The van der Waals surface area contributed by atoms with Gasteiger partial charge in [-0.15, -0.1) is 11.3 Å². The molecule has 3 amide bonds. The smallest absolute Gasteiger partial charge is 0.313 e. The molecule has 1 fully saturated rings. The Balaban J connectivity index is 1.36. The predicted octanol–water partition coefficient (Wildman–Crippen LogP) is 4.49. The van der Waals surface area contributed by atoms with Crippen LogP contribution in [0.5, 0.6) is 0 Å². The van der Waals surface area contributed by atoms with Gasteiger partial charge in [0.15, 0.2) is 0 Å². The first-order chi connectivity index (χ1) is 17.5. The van der Waals surface area contributed by atoms with Crippen molar-refractivity contribution in [1.82, 2.24) is 20.0 Å². The normalized spacial score (nSPS) is 15.8. The molecule has 36 heavy (non-hydrogen) atoms. The minimum Gasteiger partial charge on any atom is -0.343 e. The van der Waals surface area contributed by atoms with Crippen molar-refractivity contribution in [1.29, 1.82) is 0 Å². The molecule has 9 heteroatoms. The minimum absolute atomic E-state index is 0.0521. The second-order valence-corrected chi connectivity index (χ2v) is 10.1. The van der Waals surface area contributed by atoms with Crippen LogP contribution in [0.1, 0.15) is 26.7 Å². The van der Waals surface area contributed by atoms with Gasteiger partial charge >= 0.3 is 11.8 Å². The third kappa shape index (κ3) is 4.58. The molecule has 0 radical (unpaired) electrons. The van der Waals surface area contributed by atoms with Crippen LogP contribution in [0.15, 0.2) is 48.7 Å². The van der Waals surface area contributed by atoms with E-state index in [2.05, 4.69) is 33.7 Å². The van der Waals surface area contributed by atoms with Crippen molar-refractivity contribution < 1.29 is 14.4 Å². The van der Waals surface area contributed by atoms with E-state index in [0.717, 1.165) is 33.2 Å². The number of benzene rings is 2. The first-order valence-electron chi connectivity index (χ1n) is 12.3. The van der Waals surface area contributed by atoms with E-state index in [9.17, 15) is 14.4 Å². The van der Waals surface area contributed by atoms with Gasteiger partial charge in [0.05, 0.1) is 17.6 Å². The molecule has 2 N–H and O–H groups in total. The Hall–Kier alpha value is -3.72. The van der Waals surface area contributed by atoms with Crippen molar-refractivity contribution >= 4 is 55.7 Å². The lowest BCUT2D eigenvalue weighted by Gasteiger charge is -2.34. The molecule has 1 unspecified atom stereocenters. The molecule has 8 nitrogen and oxygen atoms in total. The van der Waals surface area contributed by atoms with Crippen LogP contribution in [0.4, 0.5) is 5.69 Å². The van der Waals surface area contributed by atoms with E-state index in [1.807, 2.05) is 38.1 Å². The Kier molecular flexibility index (Phi) is 6.73. The number of anilines is 1. The zero-order valence-corrected chi connectivity index (χ0v) is 21.2. The maximum absolute atomic E-state index is 13.0. The molecule has 0 saturated carbocycles. The standard InChI is InChI=1S/C27H29N5O3S/c1-3-31(4-2)26(34)18-9-7-11-32(16-18)27(35)25(33)29-20-12-19-15-28-30-24(19)21(14-20)23-13-17-8-5-6-10-22(17)36-23/h5-6,8,10,12-15,18H,3-4,7,9,11,16H2,1-2H3,(H,28,30)(H,29,33). The summed E-state index contributed by atoms with van der Waals surface area (Å²) in [7, 11) is 0. The van der Waals surface area contributed by atoms with Crippen LogP contribution in [-0.2, 0) is 14.4 Å². The van der Waals surface area contributed by atoms with Gasteiger partial charge < -0.3 is 15.1 Å². The van der Waals surface area contributed by atoms with Gasteiger partial charge in [-0.1, -0.05) is 18.2 Å². The van der Waals surface area contributed by atoms with Crippen LogP contribution >= 0.6 is 11.3 Å². The summed E-state index contributed by atoms with van der Waals surface area (Å²) < 4.78 is 1.17. The second-order valence-electron chi connectivity index (χ2n) is 9.06. The lowest BCUT2D eigenvalue weighted by Crippen LogP contribution is -2.49. The largest absolute Gasteiger partial charge is 0.343 e. The van der Waals surface area contributed by atoms with Crippen LogP contribution in [0.25, 0.3) is 31.4 Å². The molecule has 186 valence electrons. The van der Waals surface area contributed by atoms with Crippen molar-refractivity contribution in [3.8, 4) is 10.4 Å². The number of thiophene rings is 1. The van der Waals surface area contributed by atoms with Crippen LogP contribution in [-0.4, -0.2) is 63.9 Å². The number of aromatic amines is 1. The summed E-state index contributed by atoms with van der Waals surface area (Å²) in [5.74, 6) is -1.52. The number of amides is 3. The zero-order chi connectivity index (χ0) is 25.2. The molecule has 1 atom stereocenters. The molecule has 0 aliphatic carbocycles. The first kappa shape index (κ1) is 24.0. The highest BCUT2D eigenvalue weighted by molar-refractivity contribution is 7.22. The average molecular weight is 504 g/mol. The highest BCUT2D eigenvalue weighted by Gasteiger charge is 2.32. The van der Waals surface area contributed by atoms with Crippen molar-refractivity contribution in [2.75, 3.05) is 31.5 Å². The number of hydrogen-bond donors (Lipinski definition) is 2. The molecule has 3 heterocycles. The molecule has 1 saturated heterocycles. The van der Waals surface area contributed by atoms with Crippen molar-refractivity contribution in [2.24, 2.45) is 5.92 Å². The van der Waals surface area contributed by atoms with Crippen LogP contribution in [0.3, 0.4) is 0 Å². The van der Waals surface area contributed by atoms with Gasteiger partial charge in [-0.2, -0.15) is 5.10 Å². The third-order valence-electron chi connectivity index (χ3n) is 6.82. The Bertz CT molecular complexity index is 1400. The monoisotopic (exact) mass is 503 g/mol. The van der Waals surface area contributed by atoms with E-state index < -0.39 is 11.8 Å². The number of nitrogens with zero attached hydrogens (tertiary/aromatic N) is 3. The Labute approximate surface area is 213 Å². The Morgan fingerprint density at radius 1 is 1.14 bits per heavy atom. The molecule has 2 aromatic heterocycles. The number of carbonyl (C=O) groups excluding carboxylic acids is 3. The van der Waals surface area contributed by atoms with Gasteiger partial charge in [0.1, 0.15) is 0 Å². The molecule has 1 aliphatic heterocycles. The molecular formula is C27H29N5O3S. The molecule has 0 spiro atoms. The topological polar surface area (TPSA) is 98.4 Å². The fraction of sp³-hybridized carbons (Fsp3) is 0.333. The summed E-state index contributed by atoms with van der Waals surface area (Å²) in [6.07, 6.45) is 3.14. The third-order valence-corrected chi connectivity index (χ3v) is 7.97. The molecular weight excluding hydrogens is 474 g/mol. The number of fused-ring (bicyclic) bond motifs is 2. The van der Waals surface area contributed by atoms with Gasteiger partial charge in [-0.05, 0) is 56.3 Å². The van der Waals surface area contributed by atoms with Crippen LogP contribution in [0.2, 0.25) is 0 Å². The van der Waals surface area contributed by atoms with Crippen LogP contribution < -0.4 is 5.32 Å². The maximum atomic E-state index is 13.0. The number of carbonyl (C=O) groups is 3. The highest BCUT2D eigenvalue weighted by atomic mass is 32.1. The number of rotatable bonds is 5. The van der Waals surface area contributed by atoms with Crippen molar-refractivity contribution in [3.63, 3.8) is 0 Å². The number of nitrogens with one attached hydrogen (secondary N) is 2. The second kappa shape index (κ2) is 10.1. The number of aromatic nitrogens is 2. The summed E-state index contributed by atoms with van der Waals surface area (Å²) in [5.41, 5.74) is 2.32. The minimum atomic E-state index is -0.698. The van der Waals surface area contributed by atoms with Gasteiger partial charge in [0, 0.05) is 52.4 Å². The fourth-order valence-electron chi connectivity index (χ4n) is 4.92. The van der Waals surface area contributed by atoms with Crippen molar-refractivity contribution in [2.45, 2.75) is 26.7 Å². The molecule has 1 aliphatic rings. The van der Waals surface area contributed by atoms with Gasteiger partial charge in [0.2, 0.25) is 5.91 Å². The molecule has 2 aromatic carbocycles. The number of piperidine rings is 1. The lowest BCUT2D eigenvalue weighted by molar-refractivity contribution is -0.146. The van der Waals surface area contributed by atoms with Crippen molar-refractivity contribution in [3.05, 3.63) is 48.7 Å². The number of likely N-dealkylation sites (tertiary alicyclic amines) is 1. The summed E-state index contributed by atoms with van der Waals surface area (Å²) in [6.45, 7) is 5.92. The summed E-state index contributed by atoms with van der Waals surface area (Å²) in [6, 6.07) is 14.0. The number of hydrogen-bond acceptors (Lipinski definition) is 5. The van der Waals surface area contributed by atoms with E-state index in [-0.39, 0.29) is 18.4 Å². The van der Waals surface area contributed by atoms with E-state index >= 15 is 0 Å². The van der Waals surface area contributed by atoms with E-state index in [4.69, 9.17) is 0 Å². The Morgan fingerprint density at radius 2 is 1.94 bits per heavy atom. The van der Waals surface area contributed by atoms with Gasteiger partial charge in [-0.25, -0.2) is 0 Å². The fourth-order valence-corrected chi connectivity index (χ4v) is 6.01. The zero-order valence-electron chi connectivity index (χ0n) is 20.4. The SMILES string of the molecule is CCN(CC)C(=O)C1CCCN(C(=O)C(=O)Nc2cc(-c3cc4ccccc4s3)c3[nH]ncc3c2)C1. The summed E-state index contributed by atoms with van der Waals surface area (Å²) in [4.78, 5) is 43.2. The van der Waals surface area contributed by atoms with E-state index in [1.165, 1.54) is 9.60 Å². The van der Waals surface area contributed by atoms with E-state index in [1.54, 1.807) is 22.4 Å². The predicted molar refractivity (Wildman–Crippen MR) is 143 cm³/mol. The first-order valence-corrected chi connectivity index (χ1v) is 13.1. The average Bonchev–Trinajstić information content (AvgIpc) is 3.55. The quantitative estimate of drug-likeness (QED) is 0.392. The van der Waals surface area contributed by atoms with E-state index in [0.29, 0.717) is 31.7 Å². The molecule has 5 rings (SSSR count). The summed E-state index contributed by atoms with van der Waals surface area (Å²) in [5, 5.41) is 12.0. The number of H-pyrrole nitrogens is 1. The molecule has 0 bridgehead atoms. The molecule has 4 aromatic rings. The highest BCUT2D eigenvalue weighted by Crippen LogP contribution is 2.38. The lowest BCUT2D eigenvalue weighted by atomic mass is 9.96.